The molecule has 0 spiro atoms. The average molecular weight is 239 g/mol. The molecule has 1 aliphatic heterocycles. The fourth-order valence-corrected chi connectivity index (χ4v) is 2.64. The number of H-pyrrole nitrogens is 1. The molecule has 1 saturated heterocycles. The lowest BCUT2D eigenvalue weighted by Crippen LogP contribution is -2.38. The molecule has 2 heterocycles. The number of likely N-dealkylation sites (tertiary alicyclic amines) is 1. The lowest BCUT2D eigenvalue weighted by Gasteiger charge is -2.38. The van der Waals surface area contributed by atoms with Crippen molar-refractivity contribution in [3.05, 3.63) is 16.7 Å². The zero-order valence-electron chi connectivity index (χ0n) is 10.4. The third-order valence-corrected chi connectivity index (χ3v) is 4.15. The maximum atomic E-state index is 5.31. The Labute approximate surface area is 102 Å². The minimum atomic E-state index is 0.400. The van der Waals surface area contributed by atoms with E-state index >= 15 is 0 Å². The van der Waals surface area contributed by atoms with Crippen molar-refractivity contribution in [1.29, 1.82) is 0 Å². The molecule has 4 heteroatoms. The Morgan fingerprint density at radius 2 is 2.06 bits per heavy atom. The summed E-state index contributed by atoms with van der Waals surface area (Å²) in [4.78, 5) is 5.53. The van der Waals surface area contributed by atoms with Gasteiger partial charge in [-0.15, -0.1) is 0 Å². The molecule has 0 radical (unpaired) electrons. The highest BCUT2D eigenvalue weighted by Crippen LogP contribution is 2.32. The van der Waals surface area contributed by atoms with Gasteiger partial charge < -0.3 is 14.5 Å². The second-order valence-corrected chi connectivity index (χ2v) is 5.82. The van der Waals surface area contributed by atoms with E-state index < -0.39 is 0 Å². The predicted octanol–water partition coefficient (Wildman–Crippen LogP) is 2.59. The molecule has 1 aliphatic rings. The summed E-state index contributed by atoms with van der Waals surface area (Å²) in [5.74, 6) is 0. The van der Waals surface area contributed by atoms with Gasteiger partial charge in [-0.1, -0.05) is 6.92 Å². The zero-order valence-corrected chi connectivity index (χ0v) is 11.2. The van der Waals surface area contributed by atoms with Crippen molar-refractivity contribution in [2.45, 2.75) is 33.2 Å². The number of nitrogens with zero attached hydrogens (tertiary/aromatic N) is 2. The largest absolute Gasteiger partial charge is 0.337 e. The Balaban J connectivity index is 2.12. The Morgan fingerprint density at radius 3 is 2.56 bits per heavy atom. The summed E-state index contributed by atoms with van der Waals surface area (Å²) < 4.78 is 3.10. The van der Waals surface area contributed by atoms with E-state index in [1.54, 1.807) is 0 Å². The second kappa shape index (κ2) is 4.34. The number of aryl methyl sites for hydroxylation is 1. The van der Waals surface area contributed by atoms with Crippen LogP contribution in [0.3, 0.4) is 0 Å². The van der Waals surface area contributed by atoms with Gasteiger partial charge >= 0.3 is 0 Å². The van der Waals surface area contributed by atoms with Crippen molar-refractivity contribution in [2.24, 2.45) is 5.41 Å². The first-order chi connectivity index (χ1) is 7.50. The van der Waals surface area contributed by atoms with E-state index in [0.717, 1.165) is 11.3 Å². The van der Waals surface area contributed by atoms with Gasteiger partial charge in [-0.05, 0) is 57.5 Å². The van der Waals surface area contributed by atoms with E-state index in [0.29, 0.717) is 5.41 Å². The molecule has 0 saturated carbocycles. The standard InChI is InChI=1S/C12H21N3S/c1-10-8-13-11(16)15(10)9-12(2)4-6-14(3)7-5-12/h8H,4-7,9H2,1-3H3,(H,13,16). The van der Waals surface area contributed by atoms with Crippen LogP contribution in [0.25, 0.3) is 0 Å². The van der Waals surface area contributed by atoms with Crippen LogP contribution in [0.5, 0.6) is 0 Å². The van der Waals surface area contributed by atoms with Crippen molar-refractivity contribution in [2.75, 3.05) is 20.1 Å². The molecule has 16 heavy (non-hydrogen) atoms. The first kappa shape index (κ1) is 11.9. The highest BCUT2D eigenvalue weighted by molar-refractivity contribution is 7.71. The topological polar surface area (TPSA) is 24.0 Å². The predicted molar refractivity (Wildman–Crippen MR) is 69.2 cm³/mol. The van der Waals surface area contributed by atoms with Gasteiger partial charge in [0.15, 0.2) is 4.77 Å². The maximum absolute atomic E-state index is 5.31. The normalized spacial score (nSPS) is 21.2. The summed E-state index contributed by atoms with van der Waals surface area (Å²) in [5, 5.41) is 0. The van der Waals surface area contributed by atoms with Gasteiger partial charge in [0.25, 0.3) is 0 Å². The molecule has 0 bridgehead atoms. The van der Waals surface area contributed by atoms with E-state index in [2.05, 4.69) is 35.3 Å². The van der Waals surface area contributed by atoms with Crippen molar-refractivity contribution in [3.63, 3.8) is 0 Å². The molecule has 0 aliphatic carbocycles. The minimum absolute atomic E-state index is 0.400. The van der Waals surface area contributed by atoms with E-state index in [1.807, 2.05) is 6.20 Å². The molecule has 0 atom stereocenters. The van der Waals surface area contributed by atoms with Crippen molar-refractivity contribution >= 4 is 12.2 Å². The van der Waals surface area contributed by atoms with Crippen molar-refractivity contribution in [3.8, 4) is 0 Å². The smallest absolute Gasteiger partial charge is 0.177 e. The number of aromatic nitrogens is 2. The number of hydrogen-bond acceptors (Lipinski definition) is 2. The van der Waals surface area contributed by atoms with Crippen molar-refractivity contribution < 1.29 is 0 Å². The second-order valence-electron chi connectivity index (χ2n) is 5.44. The number of hydrogen-bond donors (Lipinski definition) is 1. The van der Waals surface area contributed by atoms with Crippen molar-refractivity contribution in [1.82, 2.24) is 14.5 Å². The summed E-state index contributed by atoms with van der Waals surface area (Å²) in [7, 11) is 2.20. The molecule has 1 aromatic rings. The first-order valence-electron chi connectivity index (χ1n) is 5.94. The van der Waals surface area contributed by atoms with Crippen LogP contribution < -0.4 is 0 Å². The summed E-state index contributed by atoms with van der Waals surface area (Å²) in [6, 6.07) is 0. The highest BCUT2D eigenvalue weighted by Gasteiger charge is 2.29. The molecule has 0 aromatic carbocycles. The monoisotopic (exact) mass is 239 g/mol. The molecule has 2 rings (SSSR count). The highest BCUT2D eigenvalue weighted by atomic mass is 32.1. The van der Waals surface area contributed by atoms with Gasteiger partial charge in [-0.25, -0.2) is 0 Å². The average Bonchev–Trinajstić information content (AvgIpc) is 2.55. The van der Waals surface area contributed by atoms with Crippen LogP contribution in [0.4, 0.5) is 0 Å². The summed E-state index contributed by atoms with van der Waals surface area (Å²) in [6.07, 6.45) is 4.52. The maximum Gasteiger partial charge on any atom is 0.177 e. The number of piperidine rings is 1. The number of imidazole rings is 1. The Hall–Kier alpha value is -0.610. The number of aromatic amines is 1. The molecular weight excluding hydrogens is 218 g/mol. The molecule has 0 unspecified atom stereocenters. The van der Waals surface area contributed by atoms with Gasteiger partial charge in [0.1, 0.15) is 0 Å². The van der Waals surface area contributed by atoms with Crippen LogP contribution in [-0.2, 0) is 6.54 Å². The number of rotatable bonds is 2. The first-order valence-corrected chi connectivity index (χ1v) is 6.34. The zero-order chi connectivity index (χ0) is 11.8. The molecule has 3 nitrogen and oxygen atoms in total. The SMILES string of the molecule is Cc1c[nH]c(=S)n1CC1(C)CCN(C)CC1. The van der Waals surface area contributed by atoms with Gasteiger partial charge in [0.2, 0.25) is 0 Å². The van der Waals surface area contributed by atoms with Gasteiger partial charge in [0, 0.05) is 18.4 Å². The van der Waals surface area contributed by atoms with Gasteiger partial charge in [-0.2, -0.15) is 0 Å². The van der Waals surface area contributed by atoms with Gasteiger partial charge in [0.05, 0.1) is 0 Å². The summed E-state index contributed by atoms with van der Waals surface area (Å²) in [6.45, 7) is 7.95. The summed E-state index contributed by atoms with van der Waals surface area (Å²) >= 11 is 5.31. The third-order valence-electron chi connectivity index (χ3n) is 3.81. The van der Waals surface area contributed by atoms with Crippen LogP contribution in [0, 0.1) is 17.1 Å². The lowest BCUT2D eigenvalue weighted by molar-refractivity contribution is 0.119. The lowest BCUT2D eigenvalue weighted by atomic mass is 9.80. The number of nitrogens with one attached hydrogen (secondary N) is 1. The van der Waals surface area contributed by atoms with E-state index in [9.17, 15) is 0 Å². The molecule has 1 fully saturated rings. The fraction of sp³-hybridized carbons (Fsp3) is 0.750. The molecule has 1 aromatic heterocycles. The molecular formula is C12H21N3S. The Morgan fingerprint density at radius 1 is 1.44 bits per heavy atom. The van der Waals surface area contributed by atoms with Crippen LogP contribution >= 0.6 is 12.2 Å². The van der Waals surface area contributed by atoms with Crippen LogP contribution in [0.2, 0.25) is 0 Å². The van der Waals surface area contributed by atoms with E-state index in [1.165, 1.54) is 31.6 Å². The van der Waals surface area contributed by atoms with Crippen LogP contribution in [0.15, 0.2) is 6.20 Å². The summed E-state index contributed by atoms with van der Waals surface area (Å²) in [5.41, 5.74) is 1.64. The Kier molecular flexibility index (Phi) is 3.22. The third kappa shape index (κ3) is 2.38. The fourth-order valence-electron chi connectivity index (χ4n) is 2.38. The molecule has 0 amide bonds. The minimum Gasteiger partial charge on any atom is -0.337 e. The quantitative estimate of drug-likeness (QED) is 0.802. The molecule has 1 N–H and O–H groups in total. The van der Waals surface area contributed by atoms with E-state index in [4.69, 9.17) is 12.2 Å². The van der Waals surface area contributed by atoms with Gasteiger partial charge in [-0.3, -0.25) is 0 Å². The molecule has 90 valence electrons. The van der Waals surface area contributed by atoms with E-state index in [-0.39, 0.29) is 0 Å². The Bertz CT molecular complexity index is 410. The van der Waals surface area contributed by atoms with Crippen LogP contribution in [-0.4, -0.2) is 34.6 Å². The van der Waals surface area contributed by atoms with Crippen LogP contribution in [0.1, 0.15) is 25.5 Å².